The number of thiophene rings is 1. The van der Waals surface area contributed by atoms with Gasteiger partial charge in [-0.15, -0.1) is 23.1 Å². The zero-order chi connectivity index (χ0) is 14.5. The minimum absolute atomic E-state index is 0.181. The number of carbonyl (C=O) groups is 1. The number of amides is 1. The van der Waals surface area contributed by atoms with Crippen molar-refractivity contribution in [1.29, 1.82) is 0 Å². The number of hydrogen-bond acceptors (Lipinski definition) is 3. The molecule has 1 N–H and O–H groups in total. The Balaban J connectivity index is 1.90. The molecule has 0 aliphatic heterocycles. The van der Waals surface area contributed by atoms with Crippen LogP contribution in [0.1, 0.15) is 18.5 Å². The number of hydrogen-bond donors (Lipinski definition) is 1. The van der Waals surface area contributed by atoms with Crippen LogP contribution in [0.3, 0.4) is 0 Å². The van der Waals surface area contributed by atoms with E-state index in [9.17, 15) is 13.6 Å². The molecule has 2 nitrogen and oxygen atoms in total. The maximum atomic E-state index is 13.6. The van der Waals surface area contributed by atoms with Crippen molar-refractivity contribution in [1.82, 2.24) is 5.32 Å². The Morgan fingerprint density at radius 3 is 2.85 bits per heavy atom. The molecular formula is C14H13F2NOS2. The van der Waals surface area contributed by atoms with E-state index in [-0.39, 0.29) is 17.2 Å². The van der Waals surface area contributed by atoms with Crippen LogP contribution >= 0.6 is 23.1 Å². The highest BCUT2D eigenvalue weighted by Gasteiger charge is 2.14. The third-order valence-electron chi connectivity index (χ3n) is 2.65. The maximum absolute atomic E-state index is 13.6. The molecule has 0 saturated heterocycles. The first kappa shape index (κ1) is 15.0. The fraction of sp³-hybridized carbons (Fsp3) is 0.214. The summed E-state index contributed by atoms with van der Waals surface area (Å²) in [6.07, 6.45) is 0. The summed E-state index contributed by atoms with van der Waals surface area (Å²) in [5.41, 5.74) is 0.279. The maximum Gasteiger partial charge on any atom is 0.230 e. The Morgan fingerprint density at radius 1 is 1.40 bits per heavy atom. The highest BCUT2D eigenvalue weighted by atomic mass is 32.2. The normalized spacial score (nSPS) is 12.2. The van der Waals surface area contributed by atoms with Crippen LogP contribution in [0.25, 0.3) is 0 Å². The van der Waals surface area contributed by atoms with Crippen molar-refractivity contribution in [2.75, 3.05) is 5.75 Å². The lowest BCUT2D eigenvalue weighted by atomic mass is 10.1. The first-order valence-corrected chi connectivity index (χ1v) is 7.83. The van der Waals surface area contributed by atoms with Crippen molar-refractivity contribution in [3.63, 3.8) is 0 Å². The molecule has 106 valence electrons. The van der Waals surface area contributed by atoms with Gasteiger partial charge in [0.25, 0.3) is 0 Å². The minimum atomic E-state index is -0.649. The summed E-state index contributed by atoms with van der Waals surface area (Å²) in [7, 11) is 0. The minimum Gasteiger partial charge on any atom is -0.349 e. The third kappa shape index (κ3) is 4.05. The largest absolute Gasteiger partial charge is 0.349 e. The summed E-state index contributed by atoms with van der Waals surface area (Å²) in [5.74, 6) is -1.19. The predicted octanol–water partition coefficient (Wildman–Crippen LogP) is 4.00. The van der Waals surface area contributed by atoms with Crippen LogP contribution in [-0.2, 0) is 4.79 Å². The Labute approximate surface area is 124 Å². The predicted molar refractivity (Wildman–Crippen MR) is 78.0 cm³/mol. The summed E-state index contributed by atoms with van der Waals surface area (Å²) in [6, 6.07) is 6.71. The highest BCUT2D eigenvalue weighted by molar-refractivity contribution is 8.01. The molecule has 2 aromatic rings. The summed E-state index contributed by atoms with van der Waals surface area (Å²) < 4.78 is 27.4. The second-order valence-electron chi connectivity index (χ2n) is 4.18. The molecule has 2 rings (SSSR count). The molecule has 1 aromatic carbocycles. The van der Waals surface area contributed by atoms with Gasteiger partial charge in [-0.1, -0.05) is 12.1 Å². The molecule has 0 spiro atoms. The van der Waals surface area contributed by atoms with Gasteiger partial charge in [-0.05, 0) is 24.4 Å². The number of nitrogens with one attached hydrogen (secondary N) is 1. The van der Waals surface area contributed by atoms with E-state index in [0.717, 1.165) is 10.3 Å². The lowest BCUT2D eigenvalue weighted by molar-refractivity contribution is -0.119. The Kier molecular flexibility index (Phi) is 5.14. The van der Waals surface area contributed by atoms with Crippen LogP contribution in [-0.4, -0.2) is 11.7 Å². The van der Waals surface area contributed by atoms with Crippen LogP contribution in [0.5, 0.6) is 0 Å². The Bertz CT molecular complexity index is 587. The van der Waals surface area contributed by atoms with Gasteiger partial charge in [-0.25, -0.2) is 8.78 Å². The van der Waals surface area contributed by atoms with Gasteiger partial charge >= 0.3 is 0 Å². The summed E-state index contributed by atoms with van der Waals surface area (Å²) in [4.78, 5) is 11.8. The van der Waals surface area contributed by atoms with E-state index in [1.807, 2.05) is 17.5 Å². The molecule has 1 heterocycles. The van der Waals surface area contributed by atoms with E-state index in [4.69, 9.17) is 0 Å². The van der Waals surface area contributed by atoms with Gasteiger partial charge in [0, 0.05) is 11.6 Å². The van der Waals surface area contributed by atoms with Crippen molar-refractivity contribution < 1.29 is 13.6 Å². The smallest absolute Gasteiger partial charge is 0.230 e. The van der Waals surface area contributed by atoms with Gasteiger partial charge in [0.05, 0.1) is 16.0 Å². The van der Waals surface area contributed by atoms with E-state index in [0.29, 0.717) is 0 Å². The fourth-order valence-corrected chi connectivity index (χ4v) is 3.29. The van der Waals surface area contributed by atoms with E-state index >= 15 is 0 Å². The zero-order valence-corrected chi connectivity index (χ0v) is 12.4. The van der Waals surface area contributed by atoms with E-state index in [1.54, 1.807) is 18.3 Å². The monoisotopic (exact) mass is 313 g/mol. The van der Waals surface area contributed by atoms with Gasteiger partial charge < -0.3 is 5.32 Å². The van der Waals surface area contributed by atoms with E-state index in [2.05, 4.69) is 5.32 Å². The quantitative estimate of drug-likeness (QED) is 0.846. The van der Waals surface area contributed by atoms with Crippen molar-refractivity contribution in [3.8, 4) is 0 Å². The van der Waals surface area contributed by atoms with E-state index < -0.39 is 17.7 Å². The first-order valence-electron chi connectivity index (χ1n) is 5.97. The van der Waals surface area contributed by atoms with Crippen molar-refractivity contribution in [3.05, 3.63) is 52.9 Å². The van der Waals surface area contributed by atoms with Crippen LogP contribution in [0.4, 0.5) is 8.78 Å². The van der Waals surface area contributed by atoms with Crippen molar-refractivity contribution >= 4 is 29.0 Å². The van der Waals surface area contributed by atoms with Crippen LogP contribution in [0.15, 0.2) is 39.9 Å². The number of halogens is 2. The second kappa shape index (κ2) is 6.85. The molecule has 1 amide bonds. The fourth-order valence-electron chi connectivity index (χ4n) is 1.70. The van der Waals surface area contributed by atoms with Crippen LogP contribution < -0.4 is 5.32 Å². The third-order valence-corrected chi connectivity index (χ3v) is 4.78. The summed E-state index contributed by atoms with van der Waals surface area (Å²) in [6.45, 7) is 1.67. The Hall–Kier alpha value is -1.40. The molecule has 0 saturated carbocycles. The standard InChI is InChI=1S/C14H13F2NOS2/c1-9(11-5-4-10(15)7-12(11)16)17-13(18)8-20-14-3-2-6-19-14/h2-7,9H,8H2,1H3,(H,17,18). The molecule has 6 heteroatoms. The lowest BCUT2D eigenvalue weighted by Gasteiger charge is -2.14. The van der Waals surface area contributed by atoms with Gasteiger partial charge in [-0.3, -0.25) is 4.79 Å². The Morgan fingerprint density at radius 2 is 2.20 bits per heavy atom. The molecule has 1 aromatic heterocycles. The highest BCUT2D eigenvalue weighted by Crippen LogP contribution is 2.23. The van der Waals surface area contributed by atoms with Gasteiger partial charge in [0.2, 0.25) is 5.91 Å². The van der Waals surface area contributed by atoms with Gasteiger partial charge in [0.15, 0.2) is 0 Å². The topological polar surface area (TPSA) is 29.1 Å². The number of thioether (sulfide) groups is 1. The SMILES string of the molecule is CC(NC(=O)CSc1cccs1)c1ccc(F)cc1F. The van der Waals surface area contributed by atoms with Gasteiger partial charge in [0.1, 0.15) is 11.6 Å². The van der Waals surface area contributed by atoms with Crippen molar-refractivity contribution in [2.24, 2.45) is 0 Å². The molecule has 0 fully saturated rings. The molecule has 0 radical (unpaired) electrons. The summed E-state index contributed by atoms with van der Waals surface area (Å²) >= 11 is 3.00. The average molecular weight is 313 g/mol. The molecule has 0 aliphatic rings. The first-order chi connectivity index (χ1) is 9.56. The van der Waals surface area contributed by atoms with Crippen LogP contribution in [0, 0.1) is 11.6 Å². The zero-order valence-electron chi connectivity index (χ0n) is 10.7. The molecule has 20 heavy (non-hydrogen) atoms. The average Bonchev–Trinajstić information content (AvgIpc) is 2.89. The molecule has 0 bridgehead atoms. The van der Waals surface area contributed by atoms with Crippen LogP contribution in [0.2, 0.25) is 0 Å². The summed E-state index contributed by atoms with van der Waals surface area (Å²) in [5, 5.41) is 4.64. The molecule has 0 aliphatic carbocycles. The molecule has 1 atom stereocenters. The van der Waals surface area contributed by atoms with Crippen molar-refractivity contribution in [2.45, 2.75) is 17.2 Å². The van der Waals surface area contributed by atoms with E-state index in [1.165, 1.54) is 23.9 Å². The number of carbonyl (C=O) groups excluding carboxylic acids is 1. The lowest BCUT2D eigenvalue weighted by Crippen LogP contribution is -2.28. The molecular weight excluding hydrogens is 300 g/mol. The molecule has 1 unspecified atom stereocenters. The second-order valence-corrected chi connectivity index (χ2v) is 6.40. The number of benzene rings is 1. The number of rotatable bonds is 5. The van der Waals surface area contributed by atoms with Gasteiger partial charge in [-0.2, -0.15) is 0 Å².